The monoisotopic (exact) mass is 332 g/mol. The molecule has 1 saturated carbocycles. The van der Waals surface area contributed by atoms with Gasteiger partial charge in [0.25, 0.3) is 0 Å². The van der Waals surface area contributed by atoms with Gasteiger partial charge in [-0.25, -0.2) is 0 Å². The second kappa shape index (κ2) is 5.53. The third-order valence-corrected chi connectivity index (χ3v) is 9.91. The molecule has 2 N–H and O–H groups in total. The number of rotatable bonds is 3. The number of aliphatic hydroxyl groups is 2. The molecule has 2 aliphatic rings. The summed E-state index contributed by atoms with van der Waals surface area (Å²) < 4.78 is 18.4. The van der Waals surface area contributed by atoms with Crippen LogP contribution in [0, 0.1) is 0 Å². The molecule has 0 aromatic carbocycles. The third-order valence-electron chi connectivity index (χ3n) is 5.43. The lowest BCUT2D eigenvalue weighted by Crippen LogP contribution is -2.59. The summed E-state index contributed by atoms with van der Waals surface area (Å²) in [6, 6.07) is 0. The Kier molecular flexibility index (Phi) is 4.62. The molecular weight excluding hydrogens is 300 g/mol. The van der Waals surface area contributed by atoms with E-state index in [4.69, 9.17) is 13.9 Å². The fourth-order valence-corrected chi connectivity index (χ4v) is 4.06. The van der Waals surface area contributed by atoms with Crippen LogP contribution in [0.2, 0.25) is 18.1 Å². The van der Waals surface area contributed by atoms with Crippen LogP contribution in [0.3, 0.4) is 0 Å². The van der Waals surface area contributed by atoms with Crippen molar-refractivity contribution in [2.75, 3.05) is 6.61 Å². The summed E-state index contributed by atoms with van der Waals surface area (Å²) in [7, 11) is -1.92. The number of aliphatic hydroxyl groups excluding tert-OH is 2. The molecule has 0 aromatic rings. The van der Waals surface area contributed by atoms with Gasteiger partial charge in [0.2, 0.25) is 0 Å². The van der Waals surface area contributed by atoms with Gasteiger partial charge in [0, 0.05) is 0 Å². The quantitative estimate of drug-likeness (QED) is 0.777. The fourth-order valence-electron chi connectivity index (χ4n) is 3.03. The van der Waals surface area contributed by atoms with Gasteiger partial charge in [0.05, 0.1) is 12.7 Å². The minimum atomic E-state index is -1.92. The zero-order valence-electron chi connectivity index (χ0n) is 15.0. The molecule has 2 rings (SSSR count). The Bertz CT molecular complexity index is 417. The highest BCUT2D eigenvalue weighted by atomic mass is 28.4. The van der Waals surface area contributed by atoms with Crippen molar-refractivity contribution >= 4 is 8.32 Å². The van der Waals surface area contributed by atoms with E-state index >= 15 is 0 Å². The second-order valence-corrected chi connectivity index (χ2v) is 13.6. The summed E-state index contributed by atoms with van der Waals surface area (Å²) in [4.78, 5) is 0. The molecule has 0 bridgehead atoms. The second-order valence-electron chi connectivity index (χ2n) is 8.75. The zero-order valence-corrected chi connectivity index (χ0v) is 16.0. The molecule has 1 heterocycles. The lowest BCUT2D eigenvalue weighted by atomic mass is 9.79. The summed E-state index contributed by atoms with van der Waals surface area (Å²) in [6.45, 7) is 15.1. The van der Waals surface area contributed by atoms with E-state index in [1.807, 2.05) is 13.8 Å². The van der Waals surface area contributed by atoms with Crippen LogP contribution in [-0.4, -0.2) is 54.8 Å². The van der Waals surface area contributed by atoms with Gasteiger partial charge in [-0.1, -0.05) is 20.8 Å². The highest BCUT2D eigenvalue weighted by molar-refractivity contribution is 6.74. The Morgan fingerprint density at radius 2 is 1.82 bits per heavy atom. The van der Waals surface area contributed by atoms with Crippen LogP contribution in [-0.2, 0) is 13.9 Å². The maximum absolute atomic E-state index is 10.3. The van der Waals surface area contributed by atoms with E-state index in [2.05, 4.69) is 33.9 Å². The zero-order chi connectivity index (χ0) is 17.0. The average molecular weight is 333 g/mol. The lowest BCUT2D eigenvalue weighted by Gasteiger charge is -2.44. The summed E-state index contributed by atoms with van der Waals surface area (Å²) in [5.41, 5.74) is -0.669. The largest absolute Gasteiger partial charge is 0.414 e. The third kappa shape index (κ3) is 3.27. The Hall–Kier alpha value is 0.0169. The predicted octanol–water partition coefficient (Wildman–Crippen LogP) is 2.41. The smallest absolute Gasteiger partial charge is 0.192 e. The first-order chi connectivity index (χ1) is 9.80. The topological polar surface area (TPSA) is 68.2 Å². The minimum absolute atomic E-state index is 0.112. The van der Waals surface area contributed by atoms with Gasteiger partial charge in [0.1, 0.15) is 17.8 Å². The normalized spacial score (nSPS) is 38.9. The van der Waals surface area contributed by atoms with Crippen LogP contribution in [0.4, 0.5) is 0 Å². The summed E-state index contributed by atoms with van der Waals surface area (Å²) in [5.74, 6) is -0.771. The van der Waals surface area contributed by atoms with E-state index in [0.717, 1.165) is 0 Å². The first-order valence-electron chi connectivity index (χ1n) is 8.18. The molecule has 130 valence electrons. The van der Waals surface area contributed by atoms with Crippen LogP contribution in [0.25, 0.3) is 0 Å². The van der Waals surface area contributed by atoms with Crippen molar-refractivity contribution in [3.05, 3.63) is 0 Å². The molecule has 4 atom stereocenters. The number of hydrogen-bond acceptors (Lipinski definition) is 5. The Labute approximate surface area is 135 Å². The van der Waals surface area contributed by atoms with E-state index in [0.29, 0.717) is 19.4 Å². The predicted molar refractivity (Wildman–Crippen MR) is 87.2 cm³/mol. The summed E-state index contributed by atoms with van der Waals surface area (Å²) in [6.07, 6.45) is -1.11. The fraction of sp³-hybridized carbons (Fsp3) is 1.00. The minimum Gasteiger partial charge on any atom is -0.414 e. The molecule has 0 amide bonds. The molecule has 0 aromatic heterocycles. The summed E-state index contributed by atoms with van der Waals surface area (Å²) >= 11 is 0. The van der Waals surface area contributed by atoms with Crippen molar-refractivity contribution in [2.24, 2.45) is 0 Å². The van der Waals surface area contributed by atoms with E-state index < -0.39 is 38.0 Å². The molecule has 0 unspecified atom stereocenters. The molecule has 1 saturated heterocycles. The van der Waals surface area contributed by atoms with Crippen LogP contribution >= 0.6 is 0 Å². The first-order valence-corrected chi connectivity index (χ1v) is 11.1. The molecule has 0 spiro atoms. The van der Waals surface area contributed by atoms with Gasteiger partial charge in [-0.05, 0) is 44.8 Å². The van der Waals surface area contributed by atoms with Gasteiger partial charge < -0.3 is 24.1 Å². The van der Waals surface area contributed by atoms with Crippen molar-refractivity contribution in [3.8, 4) is 0 Å². The van der Waals surface area contributed by atoms with Crippen molar-refractivity contribution in [2.45, 2.75) is 95.3 Å². The molecule has 0 radical (unpaired) electrons. The van der Waals surface area contributed by atoms with Gasteiger partial charge in [-0.15, -0.1) is 0 Å². The van der Waals surface area contributed by atoms with Crippen LogP contribution < -0.4 is 0 Å². The molecule has 6 heteroatoms. The Balaban J connectivity index is 2.19. The summed E-state index contributed by atoms with van der Waals surface area (Å²) in [5, 5.41) is 20.4. The molecular formula is C16H32O5Si. The van der Waals surface area contributed by atoms with Gasteiger partial charge >= 0.3 is 0 Å². The van der Waals surface area contributed by atoms with Gasteiger partial charge in [0.15, 0.2) is 14.1 Å². The highest BCUT2D eigenvalue weighted by Crippen LogP contribution is 2.46. The Morgan fingerprint density at radius 3 is 2.36 bits per heavy atom. The molecule has 2 fully saturated rings. The van der Waals surface area contributed by atoms with Crippen molar-refractivity contribution in [1.29, 1.82) is 0 Å². The van der Waals surface area contributed by atoms with Crippen molar-refractivity contribution in [1.82, 2.24) is 0 Å². The van der Waals surface area contributed by atoms with Crippen molar-refractivity contribution < 1.29 is 24.1 Å². The van der Waals surface area contributed by atoms with Gasteiger partial charge in [-0.2, -0.15) is 0 Å². The number of ether oxygens (including phenoxy) is 2. The van der Waals surface area contributed by atoms with E-state index in [9.17, 15) is 10.2 Å². The van der Waals surface area contributed by atoms with E-state index in [1.54, 1.807) is 0 Å². The van der Waals surface area contributed by atoms with Crippen LogP contribution in [0.1, 0.15) is 47.5 Å². The lowest BCUT2D eigenvalue weighted by molar-refractivity contribution is -0.170. The SMILES string of the molecule is CC1(C)O[C@H]2[C@H](O)[C@H](O)CC[C@@]2(CO[Si](C)(C)C(C)(C)C)O1. The molecule has 1 aliphatic heterocycles. The molecule has 22 heavy (non-hydrogen) atoms. The maximum Gasteiger partial charge on any atom is 0.192 e. The average Bonchev–Trinajstić information content (AvgIpc) is 2.63. The number of hydrogen-bond donors (Lipinski definition) is 2. The van der Waals surface area contributed by atoms with E-state index in [1.165, 1.54) is 0 Å². The maximum atomic E-state index is 10.3. The first kappa shape index (κ1) is 18.4. The van der Waals surface area contributed by atoms with Gasteiger partial charge in [-0.3, -0.25) is 0 Å². The van der Waals surface area contributed by atoms with Crippen LogP contribution in [0.5, 0.6) is 0 Å². The molecule has 5 nitrogen and oxygen atoms in total. The van der Waals surface area contributed by atoms with Crippen LogP contribution in [0.15, 0.2) is 0 Å². The standard InChI is InChI=1S/C16H32O5Si/c1-14(2,3)22(6,7)19-10-16-9-8-11(17)12(18)13(16)20-15(4,5)21-16/h11-13,17-18H,8-10H2,1-7H3/t11-,12-,13+,16+/m1/s1. The van der Waals surface area contributed by atoms with Crippen molar-refractivity contribution in [3.63, 3.8) is 0 Å². The Morgan fingerprint density at radius 1 is 1.23 bits per heavy atom. The molecule has 1 aliphatic carbocycles. The van der Waals surface area contributed by atoms with E-state index in [-0.39, 0.29) is 5.04 Å². The highest BCUT2D eigenvalue weighted by Gasteiger charge is 2.60. The number of fused-ring (bicyclic) bond motifs is 1.